The topological polar surface area (TPSA) is 47.4 Å². The number of carbonyl (C=O) groups excluding carboxylic acids is 1. The Morgan fingerprint density at radius 1 is 0.854 bits per heavy atom. The van der Waals surface area contributed by atoms with Crippen molar-refractivity contribution in [3.05, 3.63) is 101 Å². The molecule has 0 aliphatic rings. The largest absolute Gasteiger partial charge is 0.465 e. The van der Waals surface area contributed by atoms with Crippen LogP contribution in [0.1, 0.15) is 78.7 Å². The van der Waals surface area contributed by atoms with Gasteiger partial charge in [-0.15, -0.1) is 0 Å². The highest BCUT2D eigenvalue weighted by Crippen LogP contribution is 2.33. The number of methoxy groups -OCH3 is 1. The maximum Gasteiger partial charge on any atom is 0.337 e. The number of nitrogens with zero attached hydrogens (tertiary/aromatic N) is 3. The van der Waals surface area contributed by atoms with Gasteiger partial charge in [-0.05, 0) is 56.5 Å². The molecule has 0 saturated heterocycles. The quantitative estimate of drug-likeness (QED) is 0.116. The minimum Gasteiger partial charge on any atom is -0.465 e. The molecule has 4 rings (SSSR count). The molecule has 0 N–H and O–H groups in total. The predicted octanol–water partition coefficient (Wildman–Crippen LogP) is 8.61. The first-order valence-electron chi connectivity index (χ1n) is 15.1. The first kappa shape index (κ1) is 30.3. The Kier molecular flexibility index (Phi) is 10.9. The van der Waals surface area contributed by atoms with E-state index in [1.807, 2.05) is 24.3 Å². The third kappa shape index (κ3) is 7.74. The Balaban J connectivity index is 1.78. The highest BCUT2D eigenvalue weighted by Gasteiger charge is 2.22. The molecule has 0 bridgehead atoms. The molecular formula is C36H45N3O2. The second kappa shape index (κ2) is 14.8. The number of hydrogen-bond acceptors (Lipinski definition) is 4. The van der Waals surface area contributed by atoms with Crippen LogP contribution in [-0.4, -0.2) is 34.1 Å². The molecular weight excluding hydrogens is 506 g/mol. The first-order chi connectivity index (χ1) is 19.9. The number of ether oxygens (including phenoxy) is 1. The van der Waals surface area contributed by atoms with Crippen molar-refractivity contribution in [1.29, 1.82) is 0 Å². The Labute approximate surface area is 246 Å². The van der Waals surface area contributed by atoms with Crippen molar-refractivity contribution in [2.45, 2.75) is 79.4 Å². The minimum absolute atomic E-state index is 0.303. The summed E-state index contributed by atoms with van der Waals surface area (Å²) in [5.74, 6) is 0.751. The van der Waals surface area contributed by atoms with Crippen LogP contribution < -0.4 is 0 Å². The number of imidazole rings is 1. The van der Waals surface area contributed by atoms with E-state index in [1.54, 1.807) is 0 Å². The maximum atomic E-state index is 12.0. The van der Waals surface area contributed by atoms with E-state index in [1.165, 1.54) is 47.9 Å². The Bertz CT molecular complexity index is 1400. The SMILES string of the molecule is CCCCCN(Cc1ccc(C(=O)OC)cc1)Cc1c(-c2ccc(C)cc2)nc(-c2ccccc2C)n1CCCC. The summed E-state index contributed by atoms with van der Waals surface area (Å²) in [4.78, 5) is 19.9. The molecule has 5 heteroatoms. The fourth-order valence-electron chi connectivity index (χ4n) is 5.31. The van der Waals surface area contributed by atoms with Crippen LogP contribution in [0.2, 0.25) is 0 Å². The summed E-state index contributed by atoms with van der Waals surface area (Å²) in [6.45, 7) is 12.3. The summed E-state index contributed by atoms with van der Waals surface area (Å²) >= 11 is 0. The summed E-state index contributed by atoms with van der Waals surface area (Å²) in [6, 6.07) is 25.2. The van der Waals surface area contributed by atoms with Gasteiger partial charge in [0, 0.05) is 30.8 Å². The number of unbranched alkanes of at least 4 members (excludes halogenated alkanes) is 3. The molecule has 0 amide bonds. The summed E-state index contributed by atoms with van der Waals surface area (Å²) in [7, 11) is 1.42. The van der Waals surface area contributed by atoms with Crippen LogP contribution in [0.3, 0.4) is 0 Å². The lowest BCUT2D eigenvalue weighted by Crippen LogP contribution is -2.26. The van der Waals surface area contributed by atoms with Gasteiger partial charge in [-0.3, -0.25) is 4.90 Å². The van der Waals surface area contributed by atoms with Crippen LogP contribution in [0.15, 0.2) is 72.8 Å². The standard InChI is InChI=1S/C36H45N3O2/c1-6-8-12-23-38(25-29-17-21-31(22-18-29)36(40)41-5)26-33-34(30-19-15-27(3)16-20-30)37-35(39(33)24-9-7-2)32-14-11-10-13-28(32)4/h10-11,13-22H,6-9,12,23-26H2,1-5H3. The summed E-state index contributed by atoms with van der Waals surface area (Å²) in [6.07, 6.45) is 5.75. The van der Waals surface area contributed by atoms with Gasteiger partial charge in [0.1, 0.15) is 5.82 Å². The molecule has 0 spiro atoms. The third-order valence-electron chi connectivity index (χ3n) is 7.75. The Morgan fingerprint density at radius 3 is 2.22 bits per heavy atom. The number of aryl methyl sites for hydroxylation is 2. The smallest absolute Gasteiger partial charge is 0.337 e. The van der Waals surface area contributed by atoms with Crippen LogP contribution in [-0.2, 0) is 24.4 Å². The lowest BCUT2D eigenvalue weighted by atomic mass is 10.1. The number of aromatic nitrogens is 2. The van der Waals surface area contributed by atoms with Crippen molar-refractivity contribution in [2.75, 3.05) is 13.7 Å². The van der Waals surface area contributed by atoms with Crippen molar-refractivity contribution in [1.82, 2.24) is 14.5 Å². The molecule has 0 saturated carbocycles. The number of esters is 1. The zero-order chi connectivity index (χ0) is 29.2. The van der Waals surface area contributed by atoms with Gasteiger partial charge in [-0.1, -0.05) is 99.3 Å². The molecule has 4 aromatic rings. The van der Waals surface area contributed by atoms with E-state index in [4.69, 9.17) is 9.72 Å². The van der Waals surface area contributed by atoms with Gasteiger partial charge in [-0.25, -0.2) is 9.78 Å². The molecule has 0 aliphatic carbocycles. The minimum atomic E-state index is -0.303. The van der Waals surface area contributed by atoms with Crippen molar-refractivity contribution in [2.24, 2.45) is 0 Å². The van der Waals surface area contributed by atoms with E-state index in [2.05, 4.69) is 85.7 Å². The lowest BCUT2D eigenvalue weighted by molar-refractivity contribution is 0.0600. The summed E-state index contributed by atoms with van der Waals surface area (Å²) < 4.78 is 7.38. The molecule has 0 radical (unpaired) electrons. The number of carbonyl (C=O) groups is 1. The number of rotatable bonds is 14. The first-order valence-corrected chi connectivity index (χ1v) is 15.1. The van der Waals surface area contributed by atoms with Gasteiger partial charge in [0.25, 0.3) is 0 Å². The second-order valence-corrected chi connectivity index (χ2v) is 11.0. The highest BCUT2D eigenvalue weighted by molar-refractivity contribution is 5.89. The van der Waals surface area contributed by atoms with Crippen molar-refractivity contribution < 1.29 is 9.53 Å². The van der Waals surface area contributed by atoms with E-state index < -0.39 is 0 Å². The molecule has 0 fully saturated rings. The van der Waals surface area contributed by atoms with Gasteiger partial charge >= 0.3 is 5.97 Å². The highest BCUT2D eigenvalue weighted by atomic mass is 16.5. The fourth-order valence-corrected chi connectivity index (χ4v) is 5.31. The molecule has 0 unspecified atom stereocenters. The fraction of sp³-hybridized carbons (Fsp3) is 0.389. The number of hydrogen-bond donors (Lipinski definition) is 0. The van der Waals surface area contributed by atoms with Gasteiger partial charge in [0.05, 0.1) is 24.1 Å². The molecule has 1 heterocycles. The monoisotopic (exact) mass is 551 g/mol. The van der Waals surface area contributed by atoms with Crippen molar-refractivity contribution in [3.63, 3.8) is 0 Å². The van der Waals surface area contributed by atoms with Gasteiger partial charge in [0.2, 0.25) is 0 Å². The molecule has 1 aromatic heterocycles. The maximum absolute atomic E-state index is 12.0. The summed E-state index contributed by atoms with van der Waals surface area (Å²) in [5, 5.41) is 0. The van der Waals surface area contributed by atoms with E-state index >= 15 is 0 Å². The van der Waals surface area contributed by atoms with Crippen molar-refractivity contribution >= 4 is 5.97 Å². The zero-order valence-electron chi connectivity index (χ0n) is 25.5. The van der Waals surface area contributed by atoms with E-state index in [0.29, 0.717) is 5.56 Å². The third-order valence-corrected chi connectivity index (χ3v) is 7.75. The van der Waals surface area contributed by atoms with Gasteiger partial charge in [-0.2, -0.15) is 0 Å². The van der Waals surface area contributed by atoms with Crippen LogP contribution in [0.4, 0.5) is 0 Å². The Hall–Kier alpha value is -3.70. The molecule has 5 nitrogen and oxygen atoms in total. The normalized spacial score (nSPS) is 11.3. The second-order valence-electron chi connectivity index (χ2n) is 11.0. The molecule has 216 valence electrons. The predicted molar refractivity (Wildman–Crippen MR) is 169 cm³/mol. The van der Waals surface area contributed by atoms with Crippen LogP contribution in [0.25, 0.3) is 22.6 Å². The van der Waals surface area contributed by atoms with E-state index in [0.717, 1.165) is 62.5 Å². The molecule has 41 heavy (non-hydrogen) atoms. The van der Waals surface area contributed by atoms with Gasteiger partial charge in [0.15, 0.2) is 0 Å². The molecule has 3 aromatic carbocycles. The van der Waals surface area contributed by atoms with Crippen LogP contribution >= 0.6 is 0 Å². The van der Waals surface area contributed by atoms with Crippen LogP contribution in [0, 0.1) is 13.8 Å². The average molecular weight is 552 g/mol. The zero-order valence-corrected chi connectivity index (χ0v) is 25.5. The van der Waals surface area contributed by atoms with Crippen molar-refractivity contribution in [3.8, 4) is 22.6 Å². The number of benzene rings is 3. The Morgan fingerprint density at radius 2 is 1.56 bits per heavy atom. The molecule has 0 atom stereocenters. The summed E-state index contributed by atoms with van der Waals surface area (Å²) in [5.41, 5.74) is 8.94. The van der Waals surface area contributed by atoms with E-state index in [-0.39, 0.29) is 5.97 Å². The average Bonchev–Trinajstić information content (AvgIpc) is 3.34. The van der Waals surface area contributed by atoms with E-state index in [9.17, 15) is 4.79 Å². The van der Waals surface area contributed by atoms with Gasteiger partial charge < -0.3 is 9.30 Å². The van der Waals surface area contributed by atoms with Crippen LogP contribution in [0.5, 0.6) is 0 Å². The molecule has 0 aliphatic heterocycles. The lowest BCUT2D eigenvalue weighted by Gasteiger charge is -2.24.